The van der Waals surface area contributed by atoms with Crippen molar-refractivity contribution in [3.63, 3.8) is 0 Å². The van der Waals surface area contributed by atoms with E-state index in [-0.39, 0.29) is 18.3 Å². The molecule has 1 aromatic heterocycles. The number of nitrogens with zero attached hydrogens (tertiary/aromatic N) is 2. The first-order valence-electron chi connectivity index (χ1n) is 9.44. The Balaban J connectivity index is 2.23. The van der Waals surface area contributed by atoms with Crippen molar-refractivity contribution in [2.24, 2.45) is 5.92 Å². The molecule has 1 amide bonds. The van der Waals surface area contributed by atoms with E-state index in [1.54, 1.807) is 40.7 Å². The summed E-state index contributed by atoms with van der Waals surface area (Å²) in [5.41, 5.74) is -0.217. The van der Waals surface area contributed by atoms with E-state index < -0.39 is 23.4 Å². The Morgan fingerprint density at radius 2 is 1.87 bits per heavy atom. The zero-order chi connectivity index (χ0) is 22.7. The van der Waals surface area contributed by atoms with Gasteiger partial charge in [0.1, 0.15) is 11.6 Å². The number of benzene rings is 1. The third kappa shape index (κ3) is 6.60. The second kappa shape index (κ2) is 8.89. The van der Waals surface area contributed by atoms with Gasteiger partial charge in [-0.05, 0) is 64.3 Å². The lowest BCUT2D eigenvalue weighted by molar-refractivity contribution is -0.139. The second-order valence-corrected chi connectivity index (χ2v) is 8.08. The van der Waals surface area contributed by atoms with Crippen molar-refractivity contribution in [1.82, 2.24) is 15.3 Å². The van der Waals surface area contributed by atoms with Crippen molar-refractivity contribution in [3.05, 3.63) is 41.3 Å². The molecule has 0 aliphatic carbocycles. The first-order chi connectivity index (χ1) is 13.8. The molecule has 1 atom stereocenters. The van der Waals surface area contributed by atoms with E-state index in [1.165, 1.54) is 12.1 Å². The van der Waals surface area contributed by atoms with Gasteiger partial charge in [0, 0.05) is 16.8 Å². The summed E-state index contributed by atoms with van der Waals surface area (Å²) in [4.78, 5) is 19.2. The summed E-state index contributed by atoms with van der Waals surface area (Å²) in [6.45, 7) is 8.65. The minimum absolute atomic E-state index is 0.0128. The van der Waals surface area contributed by atoms with Gasteiger partial charge in [-0.25, -0.2) is 14.8 Å². The minimum atomic E-state index is -4.60. The van der Waals surface area contributed by atoms with E-state index in [2.05, 4.69) is 15.3 Å². The van der Waals surface area contributed by atoms with Crippen LogP contribution in [-0.2, 0) is 6.18 Å². The van der Waals surface area contributed by atoms with Crippen LogP contribution in [0.4, 0.5) is 18.0 Å². The van der Waals surface area contributed by atoms with Crippen LogP contribution in [0.2, 0.25) is 0 Å². The summed E-state index contributed by atoms with van der Waals surface area (Å²) in [7, 11) is 0. The number of ether oxygens (including phenoxy) is 1. The van der Waals surface area contributed by atoms with Crippen LogP contribution < -0.4 is 10.1 Å². The van der Waals surface area contributed by atoms with Gasteiger partial charge < -0.3 is 15.2 Å². The lowest BCUT2D eigenvalue weighted by Crippen LogP contribution is -2.44. The van der Waals surface area contributed by atoms with E-state index in [0.29, 0.717) is 29.2 Å². The number of amides is 1. The van der Waals surface area contributed by atoms with E-state index in [1.807, 2.05) is 0 Å². The molecule has 1 aromatic carbocycles. The Morgan fingerprint density at radius 1 is 1.20 bits per heavy atom. The highest BCUT2D eigenvalue weighted by Gasteiger charge is 2.35. The third-order valence-corrected chi connectivity index (χ3v) is 4.37. The fourth-order valence-corrected chi connectivity index (χ4v) is 3.40. The quantitative estimate of drug-likeness (QED) is 0.635. The summed E-state index contributed by atoms with van der Waals surface area (Å²) >= 11 is 0. The Labute approximate surface area is 173 Å². The van der Waals surface area contributed by atoms with Crippen LogP contribution in [0.3, 0.4) is 0 Å². The largest absolute Gasteiger partial charge is 0.493 e. The molecule has 1 heterocycles. The van der Waals surface area contributed by atoms with E-state index in [0.717, 1.165) is 6.07 Å². The normalized spacial score (nSPS) is 13.1. The van der Waals surface area contributed by atoms with E-state index >= 15 is 0 Å². The zero-order valence-electron chi connectivity index (χ0n) is 17.6. The molecule has 0 unspecified atom stereocenters. The maximum absolute atomic E-state index is 13.7. The van der Waals surface area contributed by atoms with Gasteiger partial charge in [0.15, 0.2) is 0 Å². The average molecular weight is 425 g/mol. The smallest absolute Gasteiger partial charge is 0.419 e. The monoisotopic (exact) mass is 425 g/mol. The maximum Gasteiger partial charge on any atom is 0.419 e. The highest BCUT2D eigenvalue weighted by atomic mass is 19.4. The molecule has 2 N–H and O–H groups in total. The van der Waals surface area contributed by atoms with Gasteiger partial charge in [0.25, 0.3) is 0 Å². The Hall–Kier alpha value is -2.84. The van der Waals surface area contributed by atoms with Gasteiger partial charge in [0.05, 0.1) is 17.9 Å². The van der Waals surface area contributed by atoms with Gasteiger partial charge in [-0.3, -0.25) is 0 Å². The number of aromatic nitrogens is 2. The number of hydrogen-bond acceptors (Lipinski definition) is 4. The van der Waals surface area contributed by atoms with Crippen LogP contribution in [0, 0.1) is 19.8 Å². The van der Waals surface area contributed by atoms with Crippen molar-refractivity contribution in [1.29, 1.82) is 0 Å². The fraction of sp³-hybridized carbons (Fsp3) is 0.476. The third-order valence-electron chi connectivity index (χ3n) is 4.37. The van der Waals surface area contributed by atoms with Gasteiger partial charge in [-0.1, -0.05) is 6.92 Å². The second-order valence-electron chi connectivity index (χ2n) is 8.08. The molecule has 2 aromatic rings. The molecule has 0 radical (unpaired) electrons. The Morgan fingerprint density at radius 3 is 2.43 bits per heavy atom. The minimum Gasteiger partial charge on any atom is -0.493 e. The number of aryl methyl sites for hydroxylation is 2. The summed E-state index contributed by atoms with van der Waals surface area (Å²) < 4.78 is 46.4. The van der Waals surface area contributed by atoms with Gasteiger partial charge in [0.2, 0.25) is 0 Å². The van der Waals surface area contributed by atoms with E-state index in [9.17, 15) is 18.0 Å². The van der Waals surface area contributed by atoms with Gasteiger partial charge in [-0.15, -0.1) is 0 Å². The summed E-state index contributed by atoms with van der Waals surface area (Å²) in [5, 5.41) is 11.3. The van der Waals surface area contributed by atoms with E-state index in [4.69, 9.17) is 9.84 Å². The van der Waals surface area contributed by atoms with Crippen molar-refractivity contribution in [2.45, 2.75) is 52.8 Å². The predicted octanol–water partition coefficient (Wildman–Crippen LogP) is 5.23. The first-order valence-corrected chi connectivity index (χ1v) is 9.44. The molecule has 0 saturated carbocycles. The molecule has 9 heteroatoms. The van der Waals surface area contributed by atoms with Crippen molar-refractivity contribution >= 4 is 6.09 Å². The molecule has 0 fully saturated rings. The zero-order valence-corrected chi connectivity index (χ0v) is 17.6. The summed E-state index contributed by atoms with van der Waals surface area (Å²) in [6, 6.07) is 5.48. The number of alkyl halides is 3. The number of nitrogens with one attached hydrogen (secondary N) is 1. The average Bonchev–Trinajstić information content (AvgIpc) is 2.56. The van der Waals surface area contributed by atoms with Crippen molar-refractivity contribution in [3.8, 4) is 17.0 Å². The molecule has 164 valence electrons. The molecular formula is C21H26F3N3O3. The molecule has 0 aliphatic heterocycles. The fourth-order valence-electron chi connectivity index (χ4n) is 3.40. The van der Waals surface area contributed by atoms with Crippen molar-refractivity contribution < 1.29 is 27.8 Å². The van der Waals surface area contributed by atoms with Crippen LogP contribution in [0.15, 0.2) is 24.3 Å². The van der Waals surface area contributed by atoms with Crippen molar-refractivity contribution in [2.75, 3.05) is 6.61 Å². The molecule has 30 heavy (non-hydrogen) atoms. The summed E-state index contributed by atoms with van der Waals surface area (Å²) in [5.74, 6) is 0.0228. The molecule has 0 aliphatic rings. The first kappa shape index (κ1) is 23.4. The van der Waals surface area contributed by atoms with Crippen LogP contribution in [0.1, 0.15) is 44.3 Å². The van der Waals surface area contributed by atoms with Crippen LogP contribution in [0.25, 0.3) is 11.3 Å². The highest BCUT2D eigenvalue weighted by molar-refractivity contribution is 5.65. The molecule has 6 nitrogen and oxygen atoms in total. The molecule has 0 spiro atoms. The van der Waals surface area contributed by atoms with Crippen LogP contribution in [0.5, 0.6) is 5.75 Å². The Kier molecular flexibility index (Phi) is 6.95. The lowest BCUT2D eigenvalue weighted by atomic mass is 9.92. The molecule has 0 saturated heterocycles. The number of hydrogen-bond donors (Lipinski definition) is 2. The highest BCUT2D eigenvalue weighted by Crippen LogP contribution is 2.39. The van der Waals surface area contributed by atoms with Crippen LogP contribution >= 0.6 is 0 Å². The predicted molar refractivity (Wildman–Crippen MR) is 106 cm³/mol. The SMILES string of the molecule is Cc1cc(-c2ccc(OC[C@@H](C)CC(C)(C)NC(=O)O)c(C(F)(F)F)c2)nc(C)n1. The standard InChI is InChI=1S/C21H26F3N3O3/c1-12(10-20(4,5)27-19(28)29)11-30-18-7-6-15(9-16(18)21(22,23)24)17-8-13(2)25-14(3)26-17/h6-9,12,27H,10-11H2,1-5H3,(H,28,29)/t12-/m0/s1. The summed E-state index contributed by atoms with van der Waals surface area (Å²) in [6.07, 6.45) is -5.35. The van der Waals surface area contributed by atoms with Gasteiger partial charge in [-0.2, -0.15) is 13.2 Å². The Bertz CT molecular complexity index is 894. The lowest BCUT2D eigenvalue weighted by Gasteiger charge is -2.28. The molecular weight excluding hydrogens is 399 g/mol. The molecule has 0 bridgehead atoms. The van der Waals surface area contributed by atoms with Gasteiger partial charge >= 0.3 is 12.3 Å². The number of carboxylic acid groups (broad SMARTS) is 1. The number of carbonyl (C=O) groups is 1. The topological polar surface area (TPSA) is 84.3 Å². The molecule has 2 rings (SSSR count). The van der Waals surface area contributed by atoms with Crippen LogP contribution in [-0.4, -0.2) is 33.3 Å². The number of rotatable bonds is 7. The number of halogens is 3. The maximum atomic E-state index is 13.7.